The van der Waals surface area contributed by atoms with E-state index in [0.717, 1.165) is 6.42 Å². The van der Waals surface area contributed by atoms with Crippen molar-refractivity contribution in [3.8, 4) is 0 Å². The first-order valence-corrected chi connectivity index (χ1v) is 13.3. The number of fused-ring (bicyclic) bond motifs is 1. The van der Waals surface area contributed by atoms with Crippen LogP contribution < -0.4 is 11.5 Å². The smallest absolute Gasteiger partial charge is 0.387 e. The Morgan fingerprint density at radius 2 is 1.68 bits per heavy atom. The third-order valence-corrected chi connectivity index (χ3v) is 6.24. The van der Waals surface area contributed by atoms with Crippen molar-refractivity contribution in [2.45, 2.75) is 43.3 Å². The van der Waals surface area contributed by atoms with E-state index in [1.807, 2.05) is 0 Å². The molecule has 210 valence electrons. The topological polar surface area (TPSA) is 240 Å². The summed E-state index contributed by atoms with van der Waals surface area (Å²) >= 11 is 0. The fourth-order valence-electron chi connectivity index (χ4n) is 3.99. The summed E-state index contributed by atoms with van der Waals surface area (Å²) in [7, 11) is -4.84. The fraction of sp³-hybridized carbons (Fsp3) is 0.750. The average molecular weight is 551 g/mol. The largest absolute Gasteiger partial charge is 0.469 e. The summed E-state index contributed by atoms with van der Waals surface area (Å²) in [6.45, 7) is 2.41. The summed E-state index contributed by atoms with van der Waals surface area (Å²) in [6.07, 6.45) is -0.419. The van der Waals surface area contributed by atoms with Gasteiger partial charge in [0, 0.05) is 19.6 Å². The average Bonchev–Trinajstić information content (AvgIpc) is 3.40. The molecule has 0 bridgehead atoms. The number of hydrogen-bond acceptors (Lipinski definition) is 13. The van der Waals surface area contributed by atoms with Gasteiger partial charge in [0.15, 0.2) is 17.2 Å². The predicted octanol–water partition coefficient (Wildman–Crippen LogP) is -1.53. The molecule has 2 aromatic heterocycles. The molecule has 1 aliphatic rings. The van der Waals surface area contributed by atoms with Crippen LogP contribution >= 0.6 is 7.82 Å². The molecular formula is C20H35N6O10P. The molecule has 0 radical (unpaired) electrons. The molecule has 0 aliphatic carbocycles. The molecule has 1 aliphatic heterocycles. The quantitative estimate of drug-likeness (QED) is 0.0967. The molecular weight excluding hydrogens is 515 g/mol. The van der Waals surface area contributed by atoms with Crippen molar-refractivity contribution in [2.24, 2.45) is 5.73 Å². The maximum atomic E-state index is 11.2. The van der Waals surface area contributed by atoms with Crippen LogP contribution in [0.15, 0.2) is 12.7 Å². The number of aliphatic hydroxyl groups excluding tert-OH is 2. The first-order chi connectivity index (χ1) is 17.7. The van der Waals surface area contributed by atoms with E-state index in [9.17, 15) is 14.8 Å². The van der Waals surface area contributed by atoms with Gasteiger partial charge in [-0.25, -0.2) is 19.5 Å². The van der Waals surface area contributed by atoms with Gasteiger partial charge in [-0.1, -0.05) is 0 Å². The second-order valence-electron chi connectivity index (χ2n) is 8.35. The van der Waals surface area contributed by atoms with Crippen LogP contribution in [0, 0.1) is 0 Å². The van der Waals surface area contributed by atoms with E-state index >= 15 is 0 Å². The molecule has 1 saturated heterocycles. The summed E-state index contributed by atoms with van der Waals surface area (Å²) in [6, 6.07) is 0. The normalized spacial score (nSPS) is 24.3. The van der Waals surface area contributed by atoms with Gasteiger partial charge < -0.3 is 50.4 Å². The van der Waals surface area contributed by atoms with Gasteiger partial charge in [-0.2, -0.15) is 0 Å². The lowest BCUT2D eigenvalue weighted by Crippen LogP contribution is -2.45. The number of phosphoric ester groups is 1. The number of nitrogens with two attached hydrogens (primary N) is 2. The van der Waals surface area contributed by atoms with Crippen molar-refractivity contribution < 1.29 is 48.0 Å². The van der Waals surface area contributed by atoms with Gasteiger partial charge in [-0.15, -0.1) is 0 Å². The summed E-state index contributed by atoms with van der Waals surface area (Å²) in [5.74, 6) is 0.112. The molecule has 17 heteroatoms. The number of imidazole rings is 1. The number of aromatic nitrogens is 4. The van der Waals surface area contributed by atoms with E-state index in [1.54, 1.807) is 0 Å². The number of rotatable bonds is 17. The number of anilines is 1. The van der Waals surface area contributed by atoms with Crippen molar-refractivity contribution in [2.75, 3.05) is 58.5 Å². The van der Waals surface area contributed by atoms with Crippen molar-refractivity contribution in [1.82, 2.24) is 19.5 Å². The molecule has 4 atom stereocenters. The van der Waals surface area contributed by atoms with E-state index < -0.39 is 38.5 Å². The Kier molecular flexibility index (Phi) is 11.1. The van der Waals surface area contributed by atoms with E-state index in [0.29, 0.717) is 46.0 Å². The zero-order valence-corrected chi connectivity index (χ0v) is 21.2. The number of phosphoric acid groups is 1. The summed E-state index contributed by atoms with van der Waals surface area (Å²) in [4.78, 5) is 30.4. The first kappa shape index (κ1) is 29.7. The van der Waals surface area contributed by atoms with Gasteiger partial charge in [0.2, 0.25) is 0 Å². The Balaban J connectivity index is 1.61. The van der Waals surface area contributed by atoms with Crippen LogP contribution in [-0.4, -0.2) is 111 Å². The van der Waals surface area contributed by atoms with E-state index in [1.165, 1.54) is 17.2 Å². The van der Waals surface area contributed by atoms with Gasteiger partial charge >= 0.3 is 7.82 Å². The zero-order chi connectivity index (χ0) is 26.9. The van der Waals surface area contributed by atoms with Crippen LogP contribution in [0.5, 0.6) is 0 Å². The van der Waals surface area contributed by atoms with Gasteiger partial charge in [-0.05, 0) is 19.4 Å². The lowest BCUT2D eigenvalue weighted by Gasteiger charge is -2.34. The highest BCUT2D eigenvalue weighted by Gasteiger charge is 2.56. The number of ether oxygens (including phenoxy) is 4. The zero-order valence-electron chi connectivity index (χ0n) is 20.3. The molecule has 0 amide bonds. The fourth-order valence-corrected chi connectivity index (χ4v) is 4.33. The molecule has 1 fully saturated rings. The van der Waals surface area contributed by atoms with Crippen LogP contribution in [0.1, 0.15) is 19.3 Å². The van der Waals surface area contributed by atoms with Gasteiger partial charge in [0.25, 0.3) is 0 Å². The van der Waals surface area contributed by atoms with Crippen LogP contribution in [0.3, 0.4) is 0 Å². The molecule has 3 rings (SSSR count). The van der Waals surface area contributed by atoms with Gasteiger partial charge in [0.05, 0.1) is 39.4 Å². The molecule has 0 unspecified atom stereocenters. The minimum absolute atomic E-state index is 0.112. The molecule has 0 aromatic carbocycles. The van der Waals surface area contributed by atoms with Crippen LogP contribution in [0.25, 0.3) is 11.2 Å². The minimum Gasteiger partial charge on any atom is -0.387 e. The van der Waals surface area contributed by atoms with E-state index in [2.05, 4.69) is 19.5 Å². The standard InChI is InChI=1S/C20H35N6O10P/c21-4-2-6-33-8-10-34-9-7-32-5-1-3-20(26-13-25-15-18(22)23-12-24-19(15)26)17(28)16(27)14(36-20)11-35-37(29,30)31/h12-14,16-17,27-28H,1-11,21H2,(H2,22,23,24)(H2,29,30,31)/t14-,16-,17-,20-/m1/s1. The number of nitrogen functional groups attached to an aromatic ring is 1. The highest BCUT2D eigenvalue weighted by molar-refractivity contribution is 7.46. The molecule has 3 heterocycles. The first-order valence-electron chi connectivity index (χ1n) is 11.8. The maximum Gasteiger partial charge on any atom is 0.469 e. The van der Waals surface area contributed by atoms with Crippen LogP contribution in [-0.2, 0) is 33.8 Å². The lowest BCUT2D eigenvalue weighted by molar-refractivity contribution is -0.152. The maximum absolute atomic E-state index is 11.2. The Hall–Kier alpha value is -1.82. The summed E-state index contributed by atoms with van der Waals surface area (Å²) in [5.41, 5.74) is 10.2. The second-order valence-corrected chi connectivity index (χ2v) is 9.59. The van der Waals surface area contributed by atoms with Crippen LogP contribution in [0.4, 0.5) is 5.82 Å². The third kappa shape index (κ3) is 7.84. The van der Waals surface area contributed by atoms with E-state index in [4.69, 9.17) is 40.2 Å². The van der Waals surface area contributed by atoms with Crippen molar-refractivity contribution >= 4 is 24.8 Å². The van der Waals surface area contributed by atoms with Crippen molar-refractivity contribution in [1.29, 1.82) is 0 Å². The minimum atomic E-state index is -4.84. The molecule has 8 N–H and O–H groups in total. The van der Waals surface area contributed by atoms with Gasteiger partial charge in [-0.3, -0.25) is 9.09 Å². The number of aliphatic hydroxyl groups is 2. The molecule has 2 aromatic rings. The monoisotopic (exact) mass is 550 g/mol. The Labute approximate surface area is 213 Å². The third-order valence-electron chi connectivity index (χ3n) is 5.76. The molecule has 37 heavy (non-hydrogen) atoms. The lowest BCUT2D eigenvalue weighted by atomic mass is 9.97. The Bertz CT molecular complexity index is 1020. The van der Waals surface area contributed by atoms with Crippen molar-refractivity contribution in [3.63, 3.8) is 0 Å². The molecule has 16 nitrogen and oxygen atoms in total. The predicted molar refractivity (Wildman–Crippen MR) is 128 cm³/mol. The van der Waals surface area contributed by atoms with E-state index in [-0.39, 0.29) is 30.0 Å². The Morgan fingerprint density at radius 3 is 2.32 bits per heavy atom. The highest BCUT2D eigenvalue weighted by Crippen LogP contribution is 2.43. The number of nitrogens with zero attached hydrogens (tertiary/aromatic N) is 4. The highest BCUT2D eigenvalue weighted by atomic mass is 31.2. The van der Waals surface area contributed by atoms with Gasteiger partial charge in [0.1, 0.15) is 30.2 Å². The summed E-state index contributed by atoms with van der Waals surface area (Å²) < 4.78 is 39.5. The SMILES string of the molecule is NCCCOCCOCCOCCC[C@@]1(n2cnc3c(N)ncnc32)O[C@H](COP(=O)(O)O)[C@@H](O)[C@H]1O. The molecule has 0 spiro atoms. The summed E-state index contributed by atoms with van der Waals surface area (Å²) in [5, 5.41) is 21.7. The second kappa shape index (κ2) is 13.8. The molecule has 0 saturated carbocycles. The van der Waals surface area contributed by atoms with Crippen LogP contribution in [0.2, 0.25) is 0 Å². The Morgan fingerprint density at radius 1 is 1.03 bits per heavy atom. The number of hydrogen-bond donors (Lipinski definition) is 6. The van der Waals surface area contributed by atoms with Crippen molar-refractivity contribution in [3.05, 3.63) is 12.7 Å².